The maximum Gasteiger partial charge on any atom is 0.335 e. The molecule has 0 aliphatic carbocycles. The molecule has 4 rings (SSSR count). The van der Waals surface area contributed by atoms with Crippen molar-refractivity contribution < 1.29 is 19.0 Å². The van der Waals surface area contributed by atoms with Crippen molar-refractivity contribution in [2.24, 2.45) is 0 Å². The van der Waals surface area contributed by atoms with Gasteiger partial charge in [0.1, 0.15) is 18.2 Å². The van der Waals surface area contributed by atoms with Crippen LogP contribution in [0.3, 0.4) is 0 Å². The van der Waals surface area contributed by atoms with Crippen LogP contribution in [0.4, 0.5) is 4.39 Å². The lowest BCUT2D eigenvalue weighted by Gasteiger charge is -2.17. The summed E-state index contributed by atoms with van der Waals surface area (Å²) in [6, 6.07) is 18.8. The van der Waals surface area contributed by atoms with Gasteiger partial charge < -0.3 is 14.4 Å². The molecule has 0 fully saturated rings. The maximum absolute atomic E-state index is 13.9. The highest BCUT2D eigenvalue weighted by Crippen LogP contribution is 2.36. The third-order valence-electron chi connectivity index (χ3n) is 5.12. The Kier molecular flexibility index (Phi) is 6.79. The van der Waals surface area contributed by atoms with Crippen molar-refractivity contribution in [1.82, 2.24) is 4.57 Å². The van der Waals surface area contributed by atoms with Crippen LogP contribution < -0.4 is 4.74 Å². The SMILES string of the molecule is Cc1ccc(-c2cc(Br)ccc2OCc2cc(F)c(Cl)cc2Cl)n1-c1cccc(C(=O)O)c1. The monoisotopic (exact) mass is 547 g/mol. The van der Waals surface area contributed by atoms with E-state index in [9.17, 15) is 14.3 Å². The zero-order chi connectivity index (χ0) is 23.7. The van der Waals surface area contributed by atoms with Crippen molar-refractivity contribution in [2.75, 3.05) is 0 Å². The molecule has 1 heterocycles. The average molecular weight is 549 g/mol. The molecular weight excluding hydrogens is 532 g/mol. The van der Waals surface area contributed by atoms with Gasteiger partial charge in [0.05, 0.1) is 16.3 Å². The quantitative estimate of drug-likeness (QED) is 0.249. The van der Waals surface area contributed by atoms with Crippen LogP contribution in [0, 0.1) is 12.7 Å². The summed E-state index contributed by atoms with van der Waals surface area (Å²) in [5.74, 6) is -1.02. The van der Waals surface area contributed by atoms with Gasteiger partial charge in [-0.05, 0) is 67.6 Å². The fourth-order valence-electron chi connectivity index (χ4n) is 3.53. The van der Waals surface area contributed by atoms with Crippen LogP contribution in [0.15, 0.2) is 71.2 Å². The zero-order valence-electron chi connectivity index (χ0n) is 17.3. The number of carboxylic acid groups (broad SMARTS) is 1. The van der Waals surface area contributed by atoms with Crippen molar-refractivity contribution in [1.29, 1.82) is 0 Å². The number of carbonyl (C=O) groups is 1. The van der Waals surface area contributed by atoms with E-state index >= 15 is 0 Å². The third kappa shape index (κ3) is 4.93. The molecule has 0 atom stereocenters. The van der Waals surface area contributed by atoms with Gasteiger partial charge in [0, 0.05) is 32.0 Å². The molecule has 1 aromatic heterocycles. The van der Waals surface area contributed by atoms with Crippen LogP contribution >= 0.6 is 39.1 Å². The molecule has 0 aliphatic rings. The van der Waals surface area contributed by atoms with E-state index in [-0.39, 0.29) is 17.2 Å². The number of benzene rings is 3. The summed E-state index contributed by atoms with van der Waals surface area (Å²) < 4.78 is 22.8. The standard InChI is InChI=1S/C25H17BrCl2FNO3/c1-14-5-7-23(30(14)18-4-2-3-15(9-18)25(31)32)19-11-17(26)6-8-24(19)33-13-16-10-22(29)21(28)12-20(16)27/h2-12H,13H2,1H3,(H,31,32). The number of aromatic carboxylic acids is 1. The Morgan fingerprint density at radius 2 is 1.85 bits per heavy atom. The molecule has 4 aromatic rings. The van der Waals surface area contributed by atoms with E-state index in [1.807, 2.05) is 41.8 Å². The molecule has 168 valence electrons. The molecule has 8 heteroatoms. The summed E-state index contributed by atoms with van der Waals surface area (Å²) in [6.45, 7) is 1.97. The van der Waals surface area contributed by atoms with Crippen molar-refractivity contribution in [3.63, 3.8) is 0 Å². The minimum Gasteiger partial charge on any atom is -0.488 e. The molecule has 0 radical (unpaired) electrons. The number of carboxylic acids is 1. The van der Waals surface area contributed by atoms with E-state index in [2.05, 4.69) is 15.9 Å². The topological polar surface area (TPSA) is 51.5 Å². The van der Waals surface area contributed by atoms with E-state index in [1.54, 1.807) is 24.3 Å². The fraction of sp³-hybridized carbons (Fsp3) is 0.0800. The van der Waals surface area contributed by atoms with E-state index < -0.39 is 11.8 Å². The van der Waals surface area contributed by atoms with E-state index in [0.717, 1.165) is 21.4 Å². The van der Waals surface area contributed by atoms with Gasteiger partial charge in [-0.1, -0.05) is 45.2 Å². The first kappa shape index (κ1) is 23.4. The lowest BCUT2D eigenvalue weighted by Crippen LogP contribution is -2.04. The second-order valence-electron chi connectivity index (χ2n) is 7.34. The normalized spacial score (nSPS) is 10.9. The van der Waals surface area contributed by atoms with Crippen LogP contribution in [0.2, 0.25) is 10.0 Å². The molecule has 0 amide bonds. The zero-order valence-corrected chi connectivity index (χ0v) is 20.4. The Labute approximate surface area is 208 Å². The lowest BCUT2D eigenvalue weighted by atomic mass is 10.1. The summed E-state index contributed by atoms with van der Waals surface area (Å²) >= 11 is 15.5. The second-order valence-corrected chi connectivity index (χ2v) is 9.07. The number of hydrogen-bond donors (Lipinski definition) is 1. The van der Waals surface area contributed by atoms with Crippen LogP contribution in [0.1, 0.15) is 21.6 Å². The smallest absolute Gasteiger partial charge is 0.335 e. The van der Waals surface area contributed by atoms with Gasteiger partial charge in [-0.15, -0.1) is 0 Å². The van der Waals surface area contributed by atoms with Crippen molar-refractivity contribution >= 4 is 45.1 Å². The molecule has 0 spiro atoms. The predicted molar refractivity (Wildman–Crippen MR) is 131 cm³/mol. The first-order valence-electron chi connectivity index (χ1n) is 9.83. The van der Waals surface area contributed by atoms with Gasteiger partial charge in [0.2, 0.25) is 0 Å². The Hall–Kier alpha value is -2.80. The van der Waals surface area contributed by atoms with Crippen molar-refractivity contribution in [3.05, 3.63) is 104 Å². The summed E-state index contributed by atoms with van der Waals surface area (Å²) in [5.41, 5.74) is 3.86. The highest BCUT2D eigenvalue weighted by molar-refractivity contribution is 9.10. The number of rotatable bonds is 6. The molecule has 0 bridgehead atoms. The molecule has 1 N–H and O–H groups in total. The number of nitrogens with zero attached hydrogens (tertiary/aromatic N) is 1. The van der Waals surface area contributed by atoms with Gasteiger partial charge in [0.25, 0.3) is 0 Å². The van der Waals surface area contributed by atoms with Crippen LogP contribution in [0.25, 0.3) is 16.9 Å². The molecule has 4 nitrogen and oxygen atoms in total. The highest BCUT2D eigenvalue weighted by Gasteiger charge is 2.17. The first-order chi connectivity index (χ1) is 15.7. The molecule has 0 unspecified atom stereocenters. The van der Waals surface area contributed by atoms with E-state index in [1.165, 1.54) is 12.1 Å². The Bertz CT molecular complexity index is 1370. The van der Waals surface area contributed by atoms with Crippen LogP contribution in [-0.2, 0) is 6.61 Å². The maximum atomic E-state index is 13.9. The van der Waals surface area contributed by atoms with Crippen LogP contribution in [-0.4, -0.2) is 15.6 Å². The fourth-order valence-corrected chi connectivity index (χ4v) is 4.33. The van der Waals surface area contributed by atoms with Gasteiger partial charge in [-0.3, -0.25) is 0 Å². The highest BCUT2D eigenvalue weighted by atomic mass is 79.9. The third-order valence-corrected chi connectivity index (χ3v) is 6.25. The number of hydrogen-bond acceptors (Lipinski definition) is 2. The summed E-state index contributed by atoms with van der Waals surface area (Å²) in [6.07, 6.45) is 0. The molecule has 0 saturated heterocycles. The number of aromatic nitrogens is 1. The second kappa shape index (κ2) is 9.59. The number of ether oxygens (including phenoxy) is 1. The summed E-state index contributed by atoms with van der Waals surface area (Å²) in [4.78, 5) is 11.5. The van der Waals surface area contributed by atoms with Crippen molar-refractivity contribution in [2.45, 2.75) is 13.5 Å². The van der Waals surface area contributed by atoms with Gasteiger partial charge in [-0.2, -0.15) is 0 Å². The molecular formula is C25H17BrCl2FNO3. The number of halogens is 4. The largest absolute Gasteiger partial charge is 0.488 e. The first-order valence-corrected chi connectivity index (χ1v) is 11.4. The summed E-state index contributed by atoms with van der Waals surface area (Å²) in [5, 5.41) is 9.66. The Morgan fingerprint density at radius 1 is 1.06 bits per heavy atom. The Balaban J connectivity index is 1.76. The molecule has 33 heavy (non-hydrogen) atoms. The van der Waals surface area contributed by atoms with Gasteiger partial charge >= 0.3 is 5.97 Å². The molecule has 3 aromatic carbocycles. The summed E-state index contributed by atoms with van der Waals surface area (Å²) in [7, 11) is 0. The van der Waals surface area contributed by atoms with Gasteiger partial charge in [-0.25, -0.2) is 9.18 Å². The van der Waals surface area contributed by atoms with E-state index in [4.69, 9.17) is 27.9 Å². The van der Waals surface area contributed by atoms with E-state index in [0.29, 0.717) is 22.0 Å². The predicted octanol–water partition coefficient (Wildman–Crippen LogP) is 7.94. The van der Waals surface area contributed by atoms with Gasteiger partial charge in [0.15, 0.2) is 0 Å². The average Bonchev–Trinajstić information content (AvgIpc) is 3.17. The Morgan fingerprint density at radius 3 is 2.61 bits per heavy atom. The van der Waals surface area contributed by atoms with Crippen LogP contribution in [0.5, 0.6) is 5.75 Å². The minimum atomic E-state index is -0.998. The number of aryl methyl sites for hydroxylation is 1. The lowest BCUT2D eigenvalue weighted by molar-refractivity contribution is 0.0697. The minimum absolute atomic E-state index is 0.0374. The molecule has 0 saturated carbocycles. The molecule has 0 aliphatic heterocycles. The van der Waals surface area contributed by atoms with Crippen molar-refractivity contribution in [3.8, 4) is 22.7 Å².